The van der Waals surface area contributed by atoms with E-state index in [0.29, 0.717) is 34.6 Å². The molecule has 0 bridgehead atoms. The molecular weight excluding hydrogens is 296 g/mol. The third-order valence-electron chi connectivity index (χ3n) is 9.34. The Morgan fingerprint density at radius 3 is 2.50 bits per heavy atom. The van der Waals surface area contributed by atoms with Crippen molar-refractivity contribution < 1.29 is 9.53 Å². The Bertz CT molecular complexity index is 514. The fourth-order valence-electron chi connectivity index (χ4n) is 7.95. The molecule has 0 N–H and O–H groups in total. The van der Waals surface area contributed by atoms with Gasteiger partial charge in [0.05, 0.1) is 6.10 Å². The summed E-state index contributed by atoms with van der Waals surface area (Å²) in [4.78, 5) is 12.5. The second-order valence-electron chi connectivity index (χ2n) is 9.98. The minimum absolute atomic E-state index is 0.341. The van der Waals surface area contributed by atoms with E-state index in [2.05, 4.69) is 20.8 Å². The number of rotatable bonds is 2. The minimum atomic E-state index is 0.341. The number of ketones is 1. The molecule has 4 saturated carbocycles. The third-order valence-corrected chi connectivity index (χ3v) is 9.34. The number of carbonyl (C=O) groups is 1. The van der Waals surface area contributed by atoms with E-state index in [9.17, 15) is 4.79 Å². The Morgan fingerprint density at radius 2 is 1.79 bits per heavy atom. The quantitative estimate of drug-likeness (QED) is 0.690. The van der Waals surface area contributed by atoms with E-state index in [1.807, 2.05) is 7.11 Å². The normalized spacial score (nSPS) is 54.1. The highest BCUT2D eigenvalue weighted by Crippen LogP contribution is 2.66. The Morgan fingerprint density at radius 1 is 1.04 bits per heavy atom. The molecule has 0 heterocycles. The number of hydrogen-bond donors (Lipinski definition) is 0. The molecule has 4 aliphatic rings. The van der Waals surface area contributed by atoms with Crippen molar-refractivity contribution in [2.24, 2.45) is 40.4 Å². The van der Waals surface area contributed by atoms with Crippen molar-refractivity contribution in [1.29, 1.82) is 0 Å². The summed E-state index contributed by atoms with van der Waals surface area (Å²) < 4.78 is 5.90. The van der Waals surface area contributed by atoms with Gasteiger partial charge in [-0.05, 0) is 85.9 Å². The van der Waals surface area contributed by atoms with Gasteiger partial charge in [0.25, 0.3) is 0 Å². The molecule has 0 unspecified atom stereocenters. The lowest BCUT2D eigenvalue weighted by molar-refractivity contribution is -0.151. The van der Waals surface area contributed by atoms with E-state index in [1.165, 1.54) is 44.9 Å². The Hall–Kier alpha value is -0.370. The van der Waals surface area contributed by atoms with Crippen molar-refractivity contribution in [1.82, 2.24) is 0 Å². The number of methoxy groups -OCH3 is 1. The number of Topliss-reactive ketones (excluding diaryl/α,β-unsaturated/α-hetero) is 1. The van der Waals surface area contributed by atoms with Gasteiger partial charge in [-0.1, -0.05) is 20.8 Å². The smallest absolute Gasteiger partial charge is 0.136 e. The maximum atomic E-state index is 12.5. The van der Waals surface area contributed by atoms with Crippen molar-refractivity contribution >= 4 is 5.78 Å². The van der Waals surface area contributed by atoms with E-state index in [4.69, 9.17) is 4.74 Å². The molecule has 136 valence electrons. The highest BCUT2D eigenvalue weighted by atomic mass is 16.5. The molecule has 8 atom stereocenters. The fraction of sp³-hybridized carbons (Fsp3) is 0.955. The average molecular weight is 333 g/mol. The van der Waals surface area contributed by atoms with Crippen LogP contribution in [-0.2, 0) is 9.53 Å². The molecule has 4 aliphatic carbocycles. The second kappa shape index (κ2) is 5.83. The fourth-order valence-corrected chi connectivity index (χ4v) is 7.95. The number of ether oxygens (including phenoxy) is 1. The molecule has 0 aromatic carbocycles. The van der Waals surface area contributed by atoms with Crippen LogP contribution in [0.4, 0.5) is 0 Å². The van der Waals surface area contributed by atoms with Crippen LogP contribution in [0.3, 0.4) is 0 Å². The van der Waals surface area contributed by atoms with Crippen LogP contribution in [0.2, 0.25) is 0 Å². The zero-order valence-corrected chi connectivity index (χ0v) is 16.1. The van der Waals surface area contributed by atoms with E-state index in [1.54, 1.807) is 0 Å². The van der Waals surface area contributed by atoms with Gasteiger partial charge in [0.15, 0.2) is 0 Å². The Kier molecular flexibility index (Phi) is 4.14. The van der Waals surface area contributed by atoms with Crippen LogP contribution in [0.5, 0.6) is 0 Å². The molecule has 4 rings (SSSR count). The van der Waals surface area contributed by atoms with E-state index in [0.717, 1.165) is 30.6 Å². The van der Waals surface area contributed by atoms with Gasteiger partial charge >= 0.3 is 0 Å². The lowest BCUT2D eigenvalue weighted by Gasteiger charge is -2.61. The van der Waals surface area contributed by atoms with Crippen molar-refractivity contribution in [2.45, 2.75) is 84.7 Å². The lowest BCUT2D eigenvalue weighted by atomic mass is 9.44. The molecule has 2 heteroatoms. The van der Waals surface area contributed by atoms with E-state index in [-0.39, 0.29) is 0 Å². The largest absolute Gasteiger partial charge is 0.381 e. The van der Waals surface area contributed by atoms with Crippen LogP contribution in [0.1, 0.15) is 78.6 Å². The van der Waals surface area contributed by atoms with Gasteiger partial charge < -0.3 is 4.74 Å². The van der Waals surface area contributed by atoms with Gasteiger partial charge in [0, 0.05) is 19.4 Å². The first-order chi connectivity index (χ1) is 11.4. The highest BCUT2D eigenvalue weighted by Gasteiger charge is 2.61. The molecule has 0 saturated heterocycles. The Balaban J connectivity index is 1.62. The topological polar surface area (TPSA) is 26.3 Å². The summed E-state index contributed by atoms with van der Waals surface area (Å²) in [6.07, 6.45) is 11.6. The highest BCUT2D eigenvalue weighted by molar-refractivity contribution is 5.82. The van der Waals surface area contributed by atoms with Crippen molar-refractivity contribution in [3.63, 3.8) is 0 Å². The standard InChI is InChI=1S/C22H36O2/c1-5-14-13-22(3)15(12-19(14)23)6-7-16-17-8-9-20(24-4)21(17,2)11-10-18(16)22/h14-18,20H,5-13H2,1-4H3/t14-,15-,16-,17-,18-,20-,21-,22-/m0/s1. The zero-order valence-electron chi connectivity index (χ0n) is 16.1. The van der Waals surface area contributed by atoms with E-state index < -0.39 is 0 Å². The van der Waals surface area contributed by atoms with Crippen LogP contribution in [0, 0.1) is 40.4 Å². The van der Waals surface area contributed by atoms with Gasteiger partial charge in [0.1, 0.15) is 5.78 Å². The molecule has 0 aromatic rings. The van der Waals surface area contributed by atoms with Gasteiger partial charge in [-0.2, -0.15) is 0 Å². The van der Waals surface area contributed by atoms with Crippen LogP contribution < -0.4 is 0 Å². The summed E-state index contributed by atoms with van der Waals surface area (Å²) in [7, 11) is 1.92. The molecular formula is C22H36O2. The summed E-state index contributed by atoms with van der Waals surface area (Å²) in [6, 6.07) is 0. The molecule has 0 amide bonds. The third kappa shape index (κ3) is 2.20. The molecule has 0 aromatic heterocycles. The van der Waals surface area contributed by atoms with Crippen LogP contribution >= 0.6 is 0 Å². The first kappa shape index (κ1) is 17.1. The molecule has 0 aliphatic heterocycles. The molecule has 2 nitrogen and oxygen atoms in total. The van der Waals surface area contributed by atoms with Crippen LogP contribution in [0.25, 0.3) is 0 Å². The van der Waals surface area contributed by atoms with Crippen molar-refractivity contribution in [2.75, 3.05) is 7.11 Å². The Labute approximate surface area is 148 Å². The maximum Gasteiger partial charge on any atom is 0.136 e. The monoisotopic (exact) mass is 332 g/mol. The minimum Gasteiger partial charge on any atom is -0.381 e. The van der Waals surface area contributed by atoms with E-state index >= 15 is 0 Å². The number of hydrogen-bond acceptors (Lipinski definition) is 2. The van der Waals surface area contributed by atoms with Crippen LogP contribution in [-0.4, -0.2) is 19.0 Å². The average Bonchev–Trinajstić information content (AvgIpc) is 2.91. The predicted molar refractivity (Wildman–Crippen MR) is 96.7 cm³/mol. The molecule has 4 fully saturated rings. The maximum absolute atomic E-state index is 12.5. The number of fused-ring (bicyclic) bond motifs is 5. The number of carbonyl (C=O) groups excluding carboxylic acids is 1. The van der Waals surface area contributed by atoms with Crippen molar-refractivity contribution in [3.8, 4) is 0 Å². The van der Waals surface area contributed by atoms with Gasteiger partial charge in [-0.25, -0.2) is 0 Å². The SMILES string of the molecule is CC[C@H]1C[C@@]2(C)[C@@H](CC[C@@H]3[C@@H]2CC[C@]2(C)[C@@H](OC)CC[C@@H]32)CC1=O. The van der Waals surface area contributed by atoms with Crippen LogP contribution in [0.15, 0.2) is 0 Å². The molecule has 0 spiro atoms. The summed E-state index contributed by atoms with van der Waals surface area (Å²) in [5.74, 6) is 4.17. The first-order valence-corrected chi connectivity index (χ1v) is 10.5. The summed E-state index contributed by atoms with van der Waals surface area (Å²) in [5, 5.41) is 0. The second-order valence-corrected chi connectivity index (χ2v) is 9.98. The summed E-state index contributed by atoms with van der Waals surface area (Å²) in [6.45, 7) is 7.29. The van der Waals surface area contributed by atoms with Crippen molar-refractivity contribution in [3.05, 3.63) is 0 Å². The summed E-state index contributed by atoms with van der Waals surface area (Å²) in [5.41, 5.74) is 0.831. The predicted octanol–water partition coefficient (Wildman–Crippen LogP) is 5.25. The van der Waals surface area contributed by atoms with Gasteiger partial charge in [-0.3, -0.25) is 4.79 Å². The molecule has 24 heavy (non-hydrogen) atoms. The zero-order chi connectivity index (χ0) is 17.1. The summed E-state index contributed by atoms with van der Waals surface area (Å²) >= 11 is 0. The lowest BCUT2D eigenvalue weighted by Crippen LogP contribution is -2.55. The van der Waals surface area contributed by atoms with Gasteiger partial charge in [-0.15, -0.1) is 0 Å². The molecule has 0 radical (unpaired) electrons. The van der Waals surface area contributed by atoms with Gasteiger partial charge in [0.2, 0.25) is 0 Å². The first-order valence-electron chi connectivity index (χ1n) is 10.5.